The van der Waals surface area contributed by atoms with Crippen molar-refractivity contribution in [1.29, 1.82) is 0 Å². The predicted octanol–water partition coefficient (Wildman–Crippen LogP) is 3.71. The molecule has 4 saturated carbocycles. The van der Waals surface area contributed by atoms with Crippen LogP contribution in [-0.2, 0) is 19.1 Å². The maximum Gasteiger partial charge on any atom is 0.303 e. The Morgan fingerprint density at radius 3 is 2.44 bits per heavy atom. The van der Waals surface area contributed by atoms with E-state index in [4.69, 9.17) is 4.74 Å². The highest BCUT2D eigenvalue weighted by Crippen LogP contribution is 2.65. The van der Waals surface area contributed by atoms with Crippen molar-refractivity contribution in [1.82, 2.24) is 0 Å². The maximum atomic E-state index is 12.5. The van der Waals surface area contributed by atoms with Gasteiger partial charge in [-0.1, -0.05) is 13.8 Å². The summed E-state index contributed by atoms with van der Waals surface area (Å²) in [7, 11) is 0. The van der Waals surface area contributed by atoms with Gasteiger partial charge in [0.25, 0.3) is 0 Å². The molecule has 0 heterocycles. The van der Waals surface area contributed by atoms with Gasteiger partial charge in [-0.15, -0.1) is 0 Å². The largest absolute Gasteiger partial charge is 0.454 e. The average Bonchev–Trinajstić information content (AvgIpc) is 2.86. The van der Waals surface area contributed by atoms with Crippen LogP contribution in [0, 0.1) is 34.5 Å². The Hall–Kier alpha value is -1.19. The van der Waals surface area contributed by atoms with E-state index in [0.29, 0.717) is 30.0 Å². The second-order valence-corrected chi connectivity index (χ2v) is 9.48. The molecule has 25 heavy (non-hydrogen) atoms. The van der Waals surface area contributed by atoms with Gasteiger partial charge in [-0.2, -0.15) is 0 Å². The Morgan fingerprint density at radius 1 is 0.960 bits per heavy atom. The minimum atomic E-state index is -0.546. The molecule has 4 fully saturated rings. The van der Waals surface area contributed by atoms with Gasteiger partial charge in [0.2, 0.25) is 0 Å². The van der Waals surface area contributed by atoms with Crippen LogP contribution in [0.1, 0.15) is 72.1 Å². The molecule has 0 aromatic carbocycles. The first-order valence-electron chi connectivity index (χ1n) is 10.0. The first-order chi connectivity index (χ1) is 11.8. The van der Waals surface area contributed by atoms with Crippen molar-refractivity contribution in [2.24, 2.45) is 34.5 Å². The van der Waals surface area contributed by atoms with Crippen LogP contribution in [0.3, 0.4) is 0 Å². The normalized spacial score (nSPS) is 49.2. The SMILES string of the molecule is CC(=O)O[C@@H]1C(=O)CC[C@@]2(C)C1CC[C@@H]1[C@@H]2CC[C@]2(C)C(=O)CC[C@@H]12. The number of carbonyl (C=O) groups is 3. The number of hydrogen-bond donors (Lipinski definition) is 0. The summed E-state index contributed by atoms with van der Waals surface area (Å²) in [4.78, 5) is 36.5. The summed E-state index contributed by atoms with van der Waals surface area (Å²) in [5.41, 5.74) is -0.0476. The van der Waals surface area contributed by atoms with Crippen molar-refractivity contribution in [2.75, 3.05) is 0 Å². The van der Waals surface area contributed by atoms with E-state index in [1.165, 1.54) is 6.92 Å². The van der Waals surface area contributed by atoms with E-state index < -0.39 is 6.10 Å². The number of hydrogen-bond acceptors (Lipinski definition) is 4. The zero-order chi connectivity index (χ0) is 18.0. The van der Waals surface area contributed by atoms with Crippen LogP contribution >= 0.6 is 0 Å². The first kappa shape index (κ1) is 17.2. The van der Waals surface area contributed by atoms with Crippen LogP contribution in [0.15, 0.2) is 0 Å². The summed E-state index contributed by atoms with van der Waals surface area (Å²) in [5, 5.41) is 0. The second kappa shape index (κ2) is 5.65. The summed E-state index contributed by atoms with van der Waals surface area (Å²) in [5.74, 6) is 2.05. The number of fused-ring (bicyclic) bond motifs is 5. The van der Waals surface area contributed by atoms with Crippen molar-refractivity contribution in [3.8, 4) is 0 Å². The summed E-state index contributed by atoms with van der Waals surface area (Å²) in [6, 6.07) is 0. The molecule has 0 aliphatic heterocycles. The third-order valence-electron chi connectivity index (χ3n) is 8.54. The molecule has 4 aliphatic rings. The van der Waals surface area contributed by atoms with E-state index in [2.05, 4.69) is 13.8 Å². The van der Waals surface area contributed by atoms with Gasteiger partial charge in [-0.05, 0) is 61.7 Å². The summed E-state index contributed by atoms with van der Waals surface area (Å²) in [6.45, 7) is 5.93. The van der Waals surface area contributed by atoms with Gasteiger partial charge in [-0.25, -0.2) is 0 Å². The van der Waals surface area contributed by atoms with Gasteiger partial charge in [0, 0.05) is 31.1 Å². The number of rotatable bonds is 1. The average molecular weight is 346 g/mol. The van der Waals surface area contributed by atoms with E-state index in [0.717, 1.165) is 44.9 Å². The minimum Gasteiger partial charge on any atom is -0.454 e. The Kier molecular flexibility index (Phi) is 3.90. The highest BCUT2D eigenvalue weighted by Gasteiger charge is 2.62. The second-order valence-electron chi connectivity index (χ2n) is 9.48. The van der Waals surface area contributed by atoms with Gasteiger partial charge in [0.1, 0.15) is 5.78 Å². The zero-order valence-corrected chi connectivity index (χ0v) is 15.7. The number of ketones is 2. The van der Waals surface area contributed by atoms with Crippen molar-refractivity contribution < 1.29 is 19.1 Å². The fourth-order valence-corrected chi connectivity index (χ4v) is 7.21. The minimum absolute atomic E-state index is 0.0594. The molecule has 138 valence electrons. The van der Waals surface area contributed by atoms with Gasteiger partial charge in [-0.3, -0.25) is 14.4 Å². The fraction of sp³-hybridized carbons (Fsp3) is 0.857. The quantitative estimate of drug-likeness (QED) is 0.679. The molecule has 7 atom stereocenters. The maximum absolute atomic E-state index is 12.5. The highest BCUT2D eigenvalue weighted by molar-refractivity contribution is 5.87. The van der Waals surface area contributed by atoms with E-state index in [-0.39, 0.29) is 28.5 Å². The van der Waals surface area contributed by atoms with E-state index >= 15 is 0 Å². The van der Waals surface area contributed by atoms with Gasteiger partial charge in [0.15, 0.2) is 11.9 Å². The van der Waals surface area contributed by atoms with Crippen LogP contribution in [0.25, 0.3) is 0 Å². The molecule has 0 aromatic rings. The van der Waals surface area contributed by atoms with Gasteiger partial charge in [0.05, 0.1) is 0 Å². The van der Waals surface area contributed by atoms with Crippen molar-refractivity contribution in [3.63, 3.8) is 0 Å². The monoisotopic (exact) mass is 346 g/mol. The zero-order valence-electron chi connectivity index (χ0n) is 15.7. The molecule has 1 unspecified atom stereocenters. The molecule has 0 amide bonds. The van der Waals surface area contributed by atoms with Gasteiger partial charge < -0.3 is 4.74 Å². The molecule has 0 aromatic heterocycles. The van der Waals surface area contributed by atoms with Crippen molar-refractivity contribution >= 4 is 17.5 Å². The number of ether oxygens (including phenoxy) is 1. The van der Waals surface area contributed by atoms with Crippen LogP contribution in [0.2, 0.25) is 0 Å². The van der Waals surface area contributed by atoms with Crippen LogP contribution < -0.4 is 0 Å². The summed E-state index contributed by atoms with van der Waals surface area (Å²) < 4.78 is 5.50. The lowest BCUT2D eigenvalue weighted by atomic mass is 9.45. The molecular weight excluding hydrogens is 316 g/mol. The molecule has 0 spiro atoms. The third-order valence-corrected chi connectivity index (χ3v) is 8.54. The third kappa shape index (κ3) is 2.35. The molecular formula is C21H30O4. The highest BCUT2D eigenvalue weighted by atomic mass is 16.5. The lowest BCUT2D eigenvalue weighted by Gasteiger charge is -2.60. The number of carbonyl (C=O) groups excluding carboxylic acids is 3. The van der Waals surface area contributed by atoms with Gasteiger partial charge >= 0.3 is 5.97 Å². The van der Waals surface area contributed by atoms with Crippen molar-refractivity contribution in [3.05, 3.63) is 0 Å². The summed E-state index contributed by atoms with van der Waals surface area (Å²) in [6.07, 6.45) is 6.77. The number of esters is 1. The Bertz CT molecular complexity index is 625. The lowest BCUT2D eigenvalue weighted by molar-refractivity contribution is -0.179. The van der Waals surface area contributed by atoms with E-state index in [9.17, 15) is 14.4 Å². The van der Waals surface area contributed by atoms with Crippen LogP contribution in [0.5, 0.6) is 0 Å². The van der Waals surface area contributed by atoms with Crippen LogP contribution in [0.4, 0.5) is 0 Å². The van der Waals surface area contributed by atoms with Crippen LogP contribution in [-0.4, -0.2) is 23.6 Å². The molecule has 4 aliphatic carbocycles. The molecule has 4 rings (SSSR count). The molecule has 4 heteroatoms. The molecule has 0 N–H and O–H groups in total. The number of Topliss-reactive ketones (excluding diaryl/α,β-unsaturated/α-hetero) is 2. The first-order valence-corrected chi connectivity index (χ1v) is 10.0. The topological polar surface area (TPSA) is 60.4 Å². The Labute approximate surface area is 150 Å². The molecule has 0 bridgehead atoms. The van der Waals surface area contributed by atoms with Crippen molar-refractivity contribution in [2.45, 2.75) is 78.2 Å². The smallest absolute Gasteiger partial charge is 0.303 e. The van der Waals surface area contributed by atoms with E-state index in [1.54, 1.807) is 0 Å². The van der Waals surface area contributed by atoms with E-state index in [1.807, 2.05) is 0 Å². The standard InChI is InChI=1S/C21H30O4/c1-12(22)25-19-16-5-4-13-14-6-7-18(24)21(14,3)10-8-15(13)20(16,2)11-9-17(19)23/h13-16,19H,4-11H2,1-3H3/t13-,14-,15-,16?,19-,20+,21-/m0/s1. The molecule has 4 nitrogen and oxygen atoms in total. The summed E-state index contributed by atoms with van der Waals surface area (Å²) >= 11 is 0. The Balaban J connectivity index is 1.64. The predicted molar refractivity (Wildman–Crippen MR) is 92.7 cm³/mol. The lowest BCUT2D eigenvalue weighted by Crippen LogP contribution is -2.58. The molecule has 0 saturated heterocycles. The fourth-order valence-electron chi connectivity index (χ4n) is 7.21. The Morgan fingerprint density at radius 2 is 1.72 bits per heavy atom. The molecule has 0 radical (unpaired) electrons.